The number of rotatable bonds is 7. The monoisotopic (exact) mass is 452 g/mol. The normalized spacial score (nSPS) is 18.1. The van der Waals surface area contributed by atoms with E-state index in [1.165, 1.54) is 18.6 Å². The van der Waals surface area contributed by atoms with E-state index in [-0.39, 0.29) is 24.0 Å². The number of thioether (sulfide) groups is 1. The van der Waals surface area contributed by atoms with Crippen LogP contribution in [0.5, 0.6) is 0 Å². The van der Waals surface area contributed by atoms with Crippen molar-refractivity contribution in [2.24, 2.45) is 4.99 Å². The molecular weight excluding hydrogens is 423 g/mol. The first-order chi connectivity index (χ1) is 10.8. The van der Waals surface area contributed by atoms with Gasteiger partial charge in [0.15, 0.2) is 11.7 Å². The van der Waals surface area contributed by atoms with Crippen molar-refractivity contribution in [2.45, 2.75) is 57.2 Å². The van der Waals surface area contributed by atoms with Gasteiger partial charge in [-0.3, -0.25) is 4.99 Å². The van der Waals surface area contributed by atoms with Crippen LogP contribution in [0.1, 0.15) is 56.9 Å². The van der Waals surface area contributed by atoms with Gasteiger partial charge in [0.2, 0.25) is 0 Å². The summed E-state index contributed by atoms with van der Waals surface area (Å²) in [6.45, 7) is 5.96. The molecule has 2 heterocycles. The van der Waals surface area contributed by atoms with E-state index in [0.717, 1.165) is 36.8 Å². The molecule has 2 N–H and O–H groups in total. The lowest BCUT2D eigenvalue weighted by Crippen LogP contribution is -2.39. The molecule has 1 fully saturated rings. The summed E-state index contributed by atoms with van der Waals surface area (Å²) in [6, 6.07) is 2.06. The van der Waals surface area contributed by atoms with Crippen molar-refractivity contribution in [2.75, 3.05) is 19.3 Å². The summed E-state index contributed by atoms with van der Waals surface area (Å²) >= 11 is 2.05. The van der Waals surface area contributed by atoms with E-state index in [2.05, 4.69) is 40.7 Å². The maximum absolute atomic E-state index is 5.42. The summed E-state index contributed by atoms with van der Waals surface area (Å²) in [6.07, 6.45) is 4.83. The largest absolute Gasteiger partial charge is 0.359 e. The Kier molecular flexibility index (Phi) is 10.0. The topological polar surface area (TPSA) is 62.5 Å². The molecule has 1 atom stereocenters. The van der Waals surface area contributed by atoms with E-state index < -0.39 is 0 Å². The summed E-state index contributed by atoms with van der Waals surface area (Å²) in [5, 5.41) is 11.6. The fraction of sp³-hybridized carbons (Fsp3) is 0.750. The molecule has 0 aromatic carbocycles. The second kappa shape index (κ2) is 11.2. The van der Waals surface area contributed by atoms with Crippen LogP contribution in [0.3, 0.4) is 0 Å². The fourth-order valence-corrected chi connectivity index (χ4v) is 3.92. The Morgan fingerprint density at radius 3 is 2.83 bits per heavy atom. The number of hydrogen-bond acceptors (Lipinski definition) is 4. The quantitative estimate of drug-likeness (QED) is 0.375. The number of nitrogens with zero attached hydrogens (tertiary/aromatic N) is 2. The van der Waals surface area contributed by atoms with Crippen LogP contribution in [0.4, 0.5) is 0 Å². The van der Waals surface area contributed by atoms with Gasteiger partial charge in [-0.2, -0.15) is 11.8 Å². The molecule has 0 radical (unpaired) electrons. The van der Waals surface area contributed by atoms with Crippen LogP contribution in [0, 0.1) is 0 Å². The molecule has 0 saturated carbocycles. The van der Waals surface area contributed by atoms with Gasteiger partial charge in [-0.1, -0.05) is 19.0 Å². The average molecular weight is 452 g/mol. The van der Waals surface area contributed by atoms with Crippen molar-refractivity contribution in [1.82, 2.24) is 15.8 Å². The van der Waals surface area contributed by atoms with Crippen molar-refractivity contribution < 1.29 is 4.52 Å². The third-order valence-electron chi connectivity index (χ3n) is 4.16. The number of nitrogens with one attached hydrogen (secondary N) is 2. The Labute approximate surface area is 160 Å². The molecule has 1 aromatic rings. The predicted molar refractivity (Wildman–Crippen MR) is 109 cm³/mol. The number of hydrogen-bond donors (Lipinski definition) is 2. The smallest absolute Gasteiger partial charge is 0.191 e. The van der Waals surface area contributed by atoms with E-state index in [9.17, 15) is 0 Å². The van der Waals surface area contributed by atoms with E-state index in [1.54, 1.807) is 7.05 Å². The molecule has 2 rings (SSSR count). The van der Waals surface area contributed by atoms with Crippen molar-refractivity contribution in [3.8, 4) is 0 Å². The number of aliphatic imine (C=N–C) groups is 1. The van der Waals surface area contributed by atoms with Gasteiger partial charge in [-0.15, -0.1) is 24.0 Å². The Bertz CT molecular complexity index is 470. The minimum atomic E-state index is 0. The lowest BCUT2D eigenvalue weighted by atomic mass is 9.99. The zero-order valence-electron chi connectivity index (χ0n) is 14.3. The molecule has 0 aliphatic carbocycles. The van der Waals surface area contributed by atoms with Crippen LogP contribution in [0.15, 0.2) is 15.6 Å². The van der Waals surface area contributed by atoms with E-state index in [4.69, 9.17) is 4.52 Å². The van der Waals surface area contributed by atoms with Gasteiger partial charge in [-0.25, -0.2) is 0 Å². The van der Waals surface area contributed by atoms with Crippen molar-refractivity contribution in [3.05, 3.63) is 17.5 Å². The maximum atomic E-state index is 5.42. The van der Waals surface area contributed by atoms with Gasteiger partial charge in [0.05, 0.1) is 12.2 Å². The summed E-state index contributed by atoms with van der Waals surface area (Å²) in [7, 11) is 1.80. The molecule has 5 nitrogen and oxygen atoms in total. The average Bonchev–Trinajstić information content (AvgIpc) is 3.20. The van der Waals surface area contributed by atoms with Crippen LogP contribution in [0.2, 0.25) is 0 Å². The second-order valence-corrected chi connectivity index (χ2v) is 7.08. The zero-order valence-corrected chi connectivity index (χ0v) is 17.4. The summed E-state index contributed by atoms with van der Waals surface area (Å²) in [5.74, 6) is 3.47. The van der Waals surface area contributed by atoms with Gasteiger partial charge in [0, 0.05) is 30.8 Å². The lowest BCUT2D eigenvalue weighted by Gasteiger charge is -2.13. The molecule has 132 valence electrons. The first-order valence-corrected chi connectivity index (χ1v) is 9.33. The molecular formula is C16H29IN4OS. The molecule has 0 amide bonds. The second-order valence-electron chi connectivity index (χ2n) is 5.67. The number of guanidine groups is 1. The minimum absolute atomic E-state index is 0. The number of aromatic nitrogens is 1. The summed E-state index contributed by atoms with van der Waals surface area (Å²) < 4.78 is 5.42. The summed E-state index contributed by atoms with van der Waals surface area (Å²) in [4.78, 5) is 4.26. The highest BCUT2D eigenvalue weighted by Crippen LogP contribution is 2.25. The van der Waals surface area contributed by atoms with E-state index >= 15 is 0 Å². The Balaban J connectivity index is 0.00000264. The highest BCUT2D eigenvalue weighted by atomic mass is 127. The van der Waals surface area contributed by atoms with Gasteiger partial charge in [-0.05, 0) is 31.4 Å². The van der Waals surface area contributed by atoms with Crippen LogP contribution in [0.25, 0.3) is 0 Å². The first kappa shape index (κ1) is 20.6. The van der Waals surface area contributed by atoms with Crippen molar-refractivity contribution in [1.29, 1.82) is 0 Å². The first-order valence-electron chi connectivity index (χ1n) is 8.28. The fourth-order valence-electron chi connectivity index (χ4n) is 2.72. The molecule has 0 spiro atoms. The third-order valence-corrected chi connectivity index (χ3v) is 5.55. The summed E-state index contributed by atoms with van der Waals surface area (Å²) in [5.41, 5.74) is 1.06. The third kappa shape index (κ3) is 6.52. The Morgan fingerprint density at radius 1 is 1.43 bits per heavy atom. The Morgan fingerprint density at radius 2 is 2.22 bits per heavy atom. The molecule has 23 heavy (non-hydrogen) atoms. The molecule has 1 aliphatic rings. The molecule has 1 saturated heterocycles. The minimum Gasteiger partial charge on any atom is -0.359 e. The van der Waals surface area contributed by atoms with Gasteiger partial charge in [0.1, 0.15) is 0 Å². The van der Waals surface area contributed by atoms with Crippen molar-refractivity contribution >= 4 is 41.7 Å². The van der Waals surface area contributed by atoms with Crippen LogP contribution in [-0.2, 0) is 6.54 Å². The molecule has 7 heteroatoms. The molecule has 0 bridgehead atoms. The predicted octanol–water partition coefficient (Wildman–Crippen LogP) is 3.76. The molecule has 1 aromatic heterocycles. The highest BCUT2D eigenvalue weighted by molar-refractivity contribution is 14.0. The SMILES string of the molecule is CCC(CC)c1cc(CNC(=NC)NCC2CCCS2)on1.I. The van der Waals surface area contributed by atoms with Crippen LogP contribution >= 0.6 is 35.7 Å². The van der Waals surface area contributed by atoms with Crippen LogP contribution in [-0.4, -0.2) is 35.7 Å². The van der Waals surface area contributed by atoms with Crippen molar-refractivity contribution in [3.63, 3.8) is 0 Å². The number of halogens is 1. The van der Waals surface area contributed by atoms with Gasteiger partial charge < -0.3 is 15.2 Å². The zero-order chi connectivity index (χ0) is 15.8. The van der Waals surface area contributed by atoms with Gasteiger partial charge >= 0.3 is 0 Å². The standard InChI is InChI=1S/C16H28N4OS.HI/c1-4-12(5-2)15-9-13(21-20-15)10-18-16(17-3)19-11-14-7-6-8-22-14;/h9,12,14H,4-8,10-11H2,1-3H3,(H2,17,18,19);1H. The van der Waals surface area contributed by atoms with E-state index in [0.29, 0.717) is 17.7 Å². The Hall–Kier alpha value is -0.440. The molecule has 1 aliphatic heterocycles. The highest BCUT2D eigenvalue weighted by Gasteiger charge is 2.16. The molecule has 1 unspecified atom stereocenters. The van der Waals surface area contributed by atoms with E-state index in [1.807, 2.05) is 11.8 Å². The lowest BCUT2D eigenvalue weighted by molar-refractivity contribution is 0.368. The van der Waals surface area contributed by atoms with Gasteiger partial charge in [0.25, 0.3) is 0 Å². The maximum Gasteiger partial charge on any atom is 0.191 e. The van der Waals surface area contributed by atoms with Crippen LogP contribution < -0.4 is 10.6 Å².